The number of amides is 2. The van der Waals surface area contributed by atoms with Crippen LogP contribution in [0.25, 0.3) is 0 Å². The molecular formula is C20H19ClN2O7S. The normalized spacial score (nSPS) is 16.4. The van der Waals surface area contributed by atoms with Crippen molar-refractivity contribution in [3.63, 3.8) is 0 Å². The van der Waals surface area contributed by atoms with E-state index in [1.807, 2.05) is 0 Å². The second-order valence-electron chi connectivity index (χ2n) is 6.56. The summed E-state index contributed by atoms with van der Waals surface area (Å²) in [5.74, 6) is -1.53. The van der Waals surface area contributed by atoms with Gasteiger partial charge in [0.05, 0.1) is 36.5 Å². The van der Waals surface area contributed by atoms with Crippen molar-refractivity contribution in [3.8, 4) is 11.5 Å². The van der Waals surface area contributed by atoms with E-state index < -0.39 is 33.6 Å². The van der Waals surface area contributed by atoms with Gasteiger partial charge < -0.3 is 25.2 Å². The number of aromatic hydroxyl groups is 1. The number of rotatable bonds is 6. The van der Waals surface area contributed by atoms with E-state index >= 15 is 0 Å². The van der Waals surface area contributed by atoms with Crippen molar-refractivity contribution in [2.24, 2.45) is 0 Å². The Morgan fingerprint density at radius 2 is 1.94 bits per heavy atom. The molecule has 1 atom stereocenters. The Labute approximate surface area is 183 Å². The predicted octanol–water partition coefficient (Wildman–Crippen LogP) is 2.31. The first-order valence-electron chi connectivity index (χ1n) is 8.90. The van der Waals surface area contributed by atoms with Crippen LogP contribution in [-0.2, 0) is 19.4 Å². The van der Waals surface area contributed by atoms with Crippen LogP contribution < -0.4 is 15.4 Å². The van der Waals surface area contributed by atoms with Crippen molar-refractivity contribution in [1.82, 2.24) is 10.6 Å². The van der Waals surface area contributed by atoms with Crippen molar-refractivity contribution in [2.75, 3.05) is 20.0 Å². The van der Waals surface area contributed by atoms with Gasteiger partial charge in [0.2, 0.25) is 0 Å². The zero-order valence-electron chi connectivity index (χ0n) is 16.5. The SMILES string of the molecule is COC(=O)C1=C(CS(=O)(=O)c2cccc(Cl)c2)NC(=O)N[C@@H]1c1ccc(O)c(OC)c1. The van der Waals surface area contributed by atoms with Crippen LogP contribution in [-0.4, -0.2) is 45.5 Å². The lowest BCUT2D eigenvalue weighted by molar-refractivity contribution is -0.136. The Balaban J connectivity index is 2.12. The summed E-state index contributed by atoms with van der Waals surface area (Å²) in [6, 6.07) is 8.14. The summed E-state index contributed by atoms with van der Waals surface area (Å²) < 4.78 is 35.8. The zero-order chi connectivity index (χ0) is 22.8. The van der Waals surface area contributed by atoms with Crippen LogP contribution in [0.1, 0.15) is 11.6 Å². The molecule has 0 unspecified atom stereocenters. The summed E-state index contributed by atoms with van der Waals surface area (Å²) in [5.41, 5.74) is 0.149. The number of methoxy groups -OCH3 is 2. The monoisotopic (exact) mass is 466 g/mol. The molecule has 1 aliphatic heterocycles. The molecule has 9 nitrogen and oxygen atoms in total. The third-order valence-electron chi connectivity index (χ3n) is 4.59. The molecule has 164 valence electrons. The van der Waals surface area contributed by atoms with Crippen molar-refractivity contribution in [1.29, 1.82) is 0 Å². The third-order valence-corrected chi connectivity index (χ3v) is 6.46. The molecule has 3 N–H and O–H groups in total. The molecule has 3 rings (SSSR count). The predicted molar refractivity (Wildman–Crippen MR) is 112 cm³/mol. The molecule has 0 bridgehead atoms. The van der Waals surface area contributed by atoms with Crippen LogP contribution in [0, 0.1) is 0 Å². The molecule has 2 aromatic rings. The second-order valence-corrected chi connectivity index (χ2v) is 8.99. The van der Waals surface area contributed by atoms with Crippen LogP contribution in [0.2, 0.25) is 5.02 Å². The highest BCUT2D eigenvalue weighted by Gasteiger charge is 2.36. The Morgan fingerprint density at radius 3 is 2.58 bits per heavy atom. The number of carbonyl (C=O) groups is 2. The van der Waals surface area contributed by atoms with Gasteiger partial charge in [-0.3, -0.25) is 0 Å². The number of urea groups is 1. The molecule has 1 heterocycles. The Bertz CT molecular complexity index is 1180. The van der Waals surface area contributed by atoms with E-state index in [0.717, 1.165) is 7.11 Å². The summed E-state index contributed by atoms with van der Waals surface area (Å²) in [5, 5.41) is 15.0. The average Bonchev–Trinajstić information content (AvgIpc) is 2.73. The highest BCUT2D eigenvalue weighted by Crippen LogP contribution is 2.34. The maximum atomic E-state index is 12.9. The average molecular weight is 467 g/mol. The second kappa shape index (κ2) is 8.86. The molecule has 0 spiro atoms. The van der Waals surface area contributed by atoms with Gasteiger partial charge in [0, 0.05) is 10.7 Å². The summed E-state index contributed by atoms with van der Waals surface area (Å²) in [6.45, 7) is 0. The number of esters is 1. The van der Waals surface area contributed by atoms with Crippen LogP contribution in [0.15, 0.2) is 58.6 Å². The lowest BCUT2D eigenvalue weighted by Gasteiger charge is -2.29. The van der Waals surface area contributed by atoms with Crippen molar-refractivity contribution in [2.45, 2.75) is 10.9 Å². The molecule has 0 fully saturated rings. The summed E-state index contributed by atoms with van der Waals surface area (Å²) in [4.78, 5) is 24.8. The Kier molecular flexibility index (Phi) is 6.42. The summed E-state index contributed by atoms with van der Waals surface area (Å²) >= 11 is 5.90. The Hall–Kier alpha value is -3.24. The number of halogens is 1. The molecule has 31 heavy (non-hydrogen) atoms. The van der Waals surface area contributed by atoms with Crippen molar-refractivity contribution < 1.29 is 32.6 Å². The molecule has 1 aliphatic rings. The number of ether oxygens (including phenoxy) is 2. The number of benzene rings is 2. The smallest absolute Gasteiger partial charge is 0.338 e. The fourth-order valence-corrected chi connectivity index (χ4v) is 4.76. The first-order valence-corrected chi connectivity index (χ1v) is 10.9. The molecular weight excluding hydrogens is 448 g/mol. The van der Waals surface area contributed by atoms with Crippen LogP contribution in [0.3, 0.4) is 0 Å². The highest BCUT2D eigenvalue weighted by molar-refractivity contribution is 7.91. The minimum atomic E-state index is -3.96. The third kappa shape index (κ3) is 4.75. The van der Waals surface area contributed by atoms with Gasteiger partial charge in [0.15, 0.2) is 21.3 Å². The topological polar surface area (TPSA) is 131 Å². The van der Waals surface area contributed by atoms with E-state index in [2.05, 4.69) is 10.6 Å². The van der Waals surface area contributed by atoms with Crippen LogP contribution in [0.5, 0.6) is 11.5 Å². The minimum absolute atomic E-state index is 0.0626. The van der Waals surface area contributed by atoms with Gasteiger partial charge in [-0.25, -0.2) is 18.0 Å². The van der Waals surface area contributed by atoms with E-state index in [-0.39, 0.29) is 32.7 Å². The van der Waals surface area contributed by atoms with E-state index in [1.165, 1.54) is 49.6 Å². The number of phenolic OH excluding ortho intramolecular Hbond substituents is 1. The quantitative estimate of drug-likeness (QED) is 0.556. The molecule has 2 aromatic carbocycles. The minimum Gasteiger partial charge on any atom is -0.504 e. The largest absolute Gasteiger partial charge is 0.504 e. The lowest BCUT2D eigenvalue weighted by atomic mass is 9.95. The van der Waals surface area contributed by atoms with Crippen LogP contribution >= 0.6 is 11.6 Å². The summed E-state index contributed by atoms with van der Waals surface area (Å²) in [6.07, 6.45) is 0. The highest BCUT2D eigenvalue weighted by atomic mass is 35.5. The number of sulfone groups is 1. The molecule has 11 heteroatoms. The number of hydrogen-bond donors (Lipinski definition) is 3. The fraction of sp³-hybridized carbons (Fsp3) is 0.200. The van der Waals surface area contributed by atoms with E-state index in [9.17, 15) is 23.1 Å². The molecule has 0 saturated heterocycles. The first kappa shape index (κ1) is 22.4. The molecule has 2 amide bonds. The van der Waals surface area contributed by atoms with Gasteiger partial charge >= 0.3 is 12.0 Å². The van der Waals surface area contributed by atoms with E-state index in [0.29, 0.717) is 5.56 Å². The fourth-order valence-electron chi connectivity index (χ4n) is 3.14. The van der Waals surface area contributed by atoms with Gasteiger partial charge in [-0.2, -0.15) is 0 Å². The summed E-state index contributed by atoms with van der Waals surface area (Å²) in [7, 11) is -1.47. The first-order chi connectivity index (χ1) is 14.7. The van der Waals surface area contributed by atoms with Gasteiger partial charge in [0.1, 0.15) is 0 Å². The van der Waals surface area contributed by atoms with Crippen LogP contribution in [0.4, 0.5) is 4.79 Å². The van der Waals surface area contributed by atoms with Crippen molar-refractivity contribution >= 4 is 33.4 Å². The number of carbonyl (C=O) groups excluding carboxylic acids is 2. The molecule has 0 saturated carbocycles. The zero-order valence-corrected chi connectivity index (χ0v) is 18.1. The number of nitrogens with one attached hydrogen (secondary N) is 2. The standard InChI is InChI=1S/C20H19ClN2O7S/c1-29-16-8-11(6-7-15(16)24)18-17(19(25)30-2)14(22-20(26)23-18)10-31(27,28)13-5-3-4-12(21)9-13/h3-9,18,24H,10H2,1-2H3,(H2,22,23,26)/t18-/m1/s1. The van der Waals surface area contributed by atoms with E-state index in [1.54, 1.807) is 0 Å². The van der Waals surface area contributed by atoms with Gasteiger partial charge in [0.25, 0.3) is 0 Å². The van der Waals surface area contributed by atoms with E-state index in [4.69, 9.17) is 21.1 Å². The Morgan fingerprint density at radius 1 is 1.19 bits per heavy atom. The van der Waals surface area contributed by atoms with Gasteiger partial charge in [-0.05, 0) is 35.9 Å². The molecule has 0 aromatic heterocycles. The maximum Gasteiger partial charge on any atom is 0.338 e. The van der Waals surface area contributed by atoms with Gasteiger partial charge in [-0.15, -0.1) is 0 Å². The number of hydrogen-bond acceptors (Lipinski definition) is 7. The van der Waals surface area contributed by atoms with Crippen molar-refractivity contribution in [3.05, 3.63) is 64.3 Å². The number of phenols is 1. The van der Waals surface area contributed by atoms with Gasteiger partial charge in [-0.1, -0.05) is 23.7 Å². The maximum absolute atomic E-state index is 12.9. The molecule has 0 radical (unpaired) electrons. The lowest BCUT2D eigenvalue weighted by Crippen LogP contribution is -2.47. The molecule has 0 aliphatic carbocycles.